The van der Waals surface area contributed by atoms with Gasteiger partial charge in [-0.25, -0.2) is 0 Å². The summed E-state index contributed by atoms with van der Waals surface area (Å²) in [6.07, 6.45) is 0.111. The molecule has 4 nitrogen and oxygen atoms in total. The third-order valence-corrected chi connectivity index (χ3v) is 3.62. The van der Waals surface area contributed by atoms with Crippen molar-refractivity contribution in [2.24, 2.45) is 11.8 Å². The summed E-state index contributed by atoms with van der Waals surface area (Å²) in [4.78, 5) is 14.5. The summed E-state index contributed by atoms with van der Waals surface area (Å²) in [5, 5.41) is 3.48. The van der Waals surface area contributed by atoms with Gasteiger partial charge in [0.05, 0.1) is 24.4 Å². The predicted molar refractivity (Wildman–Crippen MR) is 77.8 cm³/mol. The van der Waals surface area contributed by atoms with Crippen LogP contribution < -0.4 is 5.32 Å². The average molecular weight is 270 g/mol. The van der Waals surface area contributed by atoms with E-state index >= 15 is 0 Å². The molecule has 2 atom stereocenters. The summed E-state index contributed by atoms with van der Waals surface area (Å²) in [7, 11) is 0. The van der Waals surface area contributed by atoms with E-state index in [9.17, 15) is 4.79 Å². The maximum atomic E-state index is 12.6. The van der Waals surface area contributed by atoms with Crippen molar-refractivity contribution in [2.75, 3.05) is 13.2 Å². The molecule has 1 rings (SSSR count). The Balaban J connectivity index is 2.86. The van der Waals surface area contributed by atoms with Gasteiger partial charge in [-0.05, 0) is 32.6 Å². The maximum Gasteiger partial charge on any atom is 0.241 e. The van der Waals surface area contributed by atoms with Gasteiger partial charge in [0.15, 0.2) is 0 Å². The minimum atomic E-state index is -0.300. The SMILES string of the molecule is CCOC(C)(C)CN1C(=O)C(C(C)C)NC1C(C)C. The van der Waals surface area contributed by atoms with E-state index in [0.29, 0.717) is 25.0 Å². The number of carbonyl (C=O) groups excluding carboxylic acids is 1. The number of nitrogens with zero attached hydrogens (tertiary/aromatic N) is 1. The third kappa shape index (κ3) is 3.93. The van der Waals surface area contributed by atoms with Crippen LogP contribution in [0.2, 0.25) is 0 Å². The van der Waals surface area contributed by atoms with Crippen LogP contribution in [0.3, 0.4) is 0 Å². The fraction of sp³-hybridized carbons (Fsp3) is 0.933. The molecular formula is C15H30N2O2. The van der Waals surface area contributed by atoms with E-state index < -0.39 is 0 Å². The van der Waals surface area contributed by atoms with Crippen molar-refractivity contribution in [3.63, 3.8) is 0 Å². The van der Waals surface area contributed by atoms with Gasteiger partial charge in [0, 0.05) is 6.61 Å². The molecule has 112 valence electrons. The first-order valence-corrected chi connectivity index (χ1v) is 7.40. The zero-order valence-corrected chi connectivity index (χ0v) is 13.5. The van der Waals surface area contributed by atoms with Crippen LogP contribution in [0.5, 0.6) is 0 Å². The van der Waals surface area contributed by atoms with E-state index in [4.69, 9.17) is 4.74 Å². The molecule has 0 aliphatic carbocycles. The first-order chi connectivity index (χ1) is 8.69. The smallest absolute Gasteiger partial charge is 0.241 e. The van der Waals surface area contributed by atoms with E-state index in [1.54, 1.807) is 0 Å². The summed E-state index contributed by atoms with van der Waals surface area (Å²) in [5.41, 5.74) is -0.300. The van der Waals surface area contributed by atoms with Gasteiger partial charge in [-0.1, -0.05) is 27.7 Å². The first kappa shape index (κ1) is 16.4. The van der Waals surface area contributed by atoms with E-state index in [1.165, 1.54) is 0 Å². The highest BCUT2D eigenvalue weighted by Gasteiger charge is 2.43. The fourth-order valence-electron chi connectivity index (χ4n) is 2.71. The second-order valence-electron chi connectivity index (χ2n) is 6.74. The van der Waals surface area contributed by atoms with Crippen LogP contribution in [0.1, 0.15) is 48.5 Å². The molecule has 0 saturated carbocycles. The van der Waals surface area contributed by atoms with Gasteiger partial charge in [0.2, 0.25) is 5.91 Å². The minimum Gasteiger partial charge on any atom is -0.374 e. The van der Waals surface area contributed by atoms with Crippen LogP contribution in [-0.2, 0) is 9.53 Å². The zero-order chi connectivity index (χ0) is 14.8. The maximum absolute atomic E-state index is 12.6. The Hall–Kier alpha value is -0.610. The minimum absolute atomic E-state index is 0.0650. The molecule has 1 aliphatic rings. The van der Waals surface area contributed by atoms with Gasteiger partial charge in [0.25, 0.3) is 0 Å². The summed E-state index contributed by atoms with van der Waals surface area (Å²) < 4.78 is 5.74. The number of rotatable bonds is 6. The Morgan fingerprint density at radius 1 is 1.26 bits per heavy atom. The normalized spacial score (nSPS) is 24.9. The van der Waals surface area contributed by atoms with Crippen molar-refractivity contribution in [3.8, 4) is 0 Å². The van der Waals surface area contributed by atoms with Gasteiger partial charge < -0.3 is 9.64 Å². The van der Waals surface area contributed by atoms with Crippen molar-refractivity contribution in [1.29, 1.82) is 0 Å². The van der Waals surface area contributed by atoms with Crippen molar-refractivity contribution in [1.82, 2.24) is 10.2 Å². The number of amides is 1. The van der Waals surface area contributed by atoms with Crippen LogP contribution in [0.15, 0.2) is 0 Å². The molecule has 0 radical (unpaired) electrons. The molecule has 1 amide bonds. The topological polar surface area (TPSA) is 41.6 Å². The van der Waals surface area contributed by atoms with Crippen molar-refractivity contribution >= 4 is 5.91 Å². The van der Waals surface area contributed by atoms with Crippen LogP contribution in [0.25, 0.3) is 0 Å². The van der Waals surface area contributed by atoms with E-state index in [0.717, 1.165) is 0 Å². The Labute approximate surface area is 117 Å². The second kappa shape index (κ2) is 6.23. The van der Waals surface area contributed by atoms with Crippen LogP contribution in [0.4, 0.5) is 0 Å². The molecule has 0 aromatic carbocycles. The van der Waals surface area contributed by atoms with Gasteiger partial charge in [-0.15, -0.1) is 0 Å². The molecule has 0 aromatic rings. The molecule has 0 spiro atoms. The van der Waals surface area contributed by atoms with Gasteiger partial charge in [-0.2, -0.15) is 0 Å². The summed E-state index contributed by atoms with van der Waals surface area (Å²) >= 11 is 0. The van der Waals surface area contributed by atoms with Crippen LogP contribution in [-0.4, -0.2) is 41.8 Å². The lowest BCUT2D eigenvalue weighted by molar-refractivity contribution is -0.135. The van der Waals surface area contributed by atoms with Crippen molar-refractivity contribution in [2.45, 2.75) is 66.3 Å². The molecule has 4 heteroatoms. The highest BCUT2D eigenvalue weighted by Crippen LogP contribution is 2.24. The predicted octanol–water partition coefficient (Wildman–Crippen LogP) is 2.24. The lowest BCUT2D eigenvalue weighted by atomic mass is 10.0. The molecule has 1 saturated heterocycles. The quantitative estimate of drug-likeness (QED) is 0.805. The van der Waals surface area contributed by atoms with E-state index in [1.807, 2.05) is 25.7 Å². The number of hydrogen-bond acceptors (Lipinski definition) is 3. The molecule has 0 aromatic heterocycles. The first-order valence-electron chi connectivity index (χ1n) is 7.40. The van der Waals surface area contributed by atoms with Crippen LogP contribution >= 0.6 is 0 Å². The van der Waals surface area contributed by atoms with Crippen molar-refractivity contribution in [3.05, 3.63) is 0 Å². The highest BCUT2D eigenvalue weighted by molar-refractivity contribution is 5.84. The van der Waals surface area contributed by atoms with Gasteiger partial charge in [0.1, 0.15) is 0 Å². The molecule has 1 fully saturated rings. The van der Waals surface area contributed by atoms with E-state index in [2.05, 4.69) is 33.0 Å². The molecule has 1 heterocycles. The molecular weight excluding hydrogens is 240 g/mol. The summed E-state index contributed by atoms with van der Waals surface area (Å²) in [5.74, 6) is 0.917. The lowest BCUT2D eigenvalue weighted by Crippen LogP contribution is -2.48. The Kier molecular flexibility index (Phi) is 5.39. The lowest BCUT2D eigenvalue weighted by Gasteiger charge is -2.34. The van der Waals surface area contributed by atoms with Gasteiger partial charge in [-0.3, -0.25) is 10.1 Å². The average Bonchev–Trinajstić information content (AvgIpc) is 2.56. The Morgan fingerprint density at radius 3 is 2.26 bits per heavy atom. The molecule has 1 N–H and O–H groups in total. The molecule has 19 heavy (non-hydrogen) atoms. The molecule has 0 bridgehead atoms. The standard InChI is InChI=1S/C15H30N2O2/c1-8-19-15(6,7)9-17-13(11(4)5)16-12(10(2)3)14(17)18/h10-13,16H,8-9H2,1-7H3. The number of carbonyl (C=O) groups is 1. The summed E-state index contributed by atoms with van der Waals surface area (Å²) in [6.45, 7) is 15.9. The second-order valence-corrected chi connectivity index (χ2v) is 6.74. The number of nitrogens with one attached hydrogen (secondary N) is 1. The Bertz CT molecular complexity index is 313. The fourth-order valence-corrected chi connectivity index (χ4v) is 2.71. The summed E-state index contributed by atoms with van der Waals surface area (Å²) in [6, 6.07) is -0.0650. The number of hydrogen-bond donors (Lipinski definition) is 1. The molecule has 2 unspecified atom stereocenters. The highest BCUT2D eigenvalue weighted by atomic mass is 16.5. The zero-order valence-electron chi connectivity index (χ0n) is 13.5. The largest absolute Gasteiger partial charge is 0.374 e. The van der Waals surface area contributed by atoms with Crippen molar-refractivity contribution < 1.29 is 9.53 Å². The number of ether oxygens (including phenoxy) is 1. The Morgan fingerprint density at radius 2 is 1.84 bits per heavy atom. The van der Waals surface area contributed by atoms with E-state index in [-0.39, 0.29) is 23.7 Å². The monoisotopic (exact) mass is 270 g/mol. The third-order valence-electron chi connectivity index (χ3n) is 3.62. The molecule has 1 aliphatic heterocycles. The van der Waals surface area contributed by atoms with Gasteiger partial charge >= 0.3 is 0 Å². The van der Waals surface area contributed by atoms with Crippen LogP contribution in [0, 0.1) is 11.8 Å².